The molecule has 50 heavy (non-hydrogen) atoms. The third-order valence-corrected chi connectivity index (χ3v) is 9.15. The highest BCUT2D eigenvalue weighted by Crippen LogP contribution is 2.39. The standard InChI is InChI=1S/C45H29FN4/c46-40-22-12-10-20-36(40)35-26-25-34(50-41-23-13-11-21-37(41)38-28-33(24-27-42(38)50)30-14-4-1-5-15-30)29-39(35)45-48-43(31-16-6-2-7-17-31)47-44(49-45)32-18-8-3-9-19-32/h1-29H. The molecule has 0 unspecified atom stereocenters. The Bertz CT molecular complexity index is 2590. The normalized spacial score (nSPS) is 11.3. The molecule has 7 aromatic carbocycles. The molecule has 0 saturated carbocycles. The van der Waals surface area contributed by atoms with Crippen LogP contribution in [0.4, 0.5) is 4.39 Å². The van der Waals surface area contributed by atoms with Gasteiger partial charge >= 0.3 is 0 Å². The Morgan fingerprint density at radius 1 is 0.360 bits per heavy atom. The zero-order valence-corrected chi connectivity index (χ0v) is 26.9. The fourth-order valence-corrected chi connectivity index (χ4v) is 6.76. The fraction of sp³-hybridized carbons (Fsp3) is 0. The zero-order valence-electron chi connectivity index (χ0n) is 26.9. The molecule has 0 aliphatic heterocycles. The maximum Gasteiger partial charge on any atom is 0.164 e. The van der Waals surface area contributed by atoms with Crippen LogP contribution < -0.4 is 0 Å². The van der Waals surface area contributed by atoms with E-state index in [1.807, 2.05) is 78.9 Å². The first-order chi connectivity index (χ1) is 24.7. The first kappa shape index (κ1) is 29.4. The predicted octanol–water partition coefficient (Wildman–Crippen LogP) is 11.4. The van der Waals surface area contributed by atoms with E-state index in [2.05, 4.69) is 83.4 Å². The molecular formula is C45H29FN4. The van der Waals surface area contributed by atoms with Crippen molar-refractivity contribution in [2.75, 3.05) is 0 Å². The minimum Gasteiger partial charge on any atom is -0.309 e. The first-order valence-electron chi connectivity index (χ1n) is 16.6. The van der Waals surface area contributed by atoms with Gasteiger partial charge in [0.05, 0.1) is 11.0 Å². The molecule has 0 N–H and O–H groups in total. The molecule has 4 nitrogen and oxygen atoms in total. The van der Waals surface area contributed by atoms with Crippen molar-refractivity contribution in [3.05, 3.63) is 182 Å². The second kappa shape index (κ2) is 12.4. The van der Waals surface area contributed by atoms with Crippen LogP contribution in [0.1, 0.15) is 0 Å². The summed E-state index contributed by atoms with van der Waals surface area (Å²) in [6, 6.07) is 58.3. The average molecular weight is 645 g/mol. The molecule has 2 heterocycles. The lowest BCUT2D eigenvalue weighted by molar-refractivity contribution is 0.631. The lowest BCUT2D eigenvalue weighted by atomic mass is 9.97. The Balaban J connectivity index is 1.31. The van der Waals surface area contributed by atoms with E-state index in [4.69, 9.17) is 15.0 Å². The summed E-state index contributed by atoms with van der Waals surface area (Å²) in [4.78, 5) is 15.0. The van der Waals surface area contributed by atoms with Crippen molar-refractivity contribution >= 4 is 21.8 Å². The van der Waals surface area contributed by atoms with Gasteiger partial charge < -0.3 is 4.57 Å². The summed E-state index contributed by atoms with van der Waals surface area (Å²) in [5, 5.41) is 2.30. The summed E-state index contributed by atoms with van der Waals surface area (Å²) in [5.74, 6) is 1.24. The van der Waals surface area contributed by atoms with Crippen LogP contribution in [0.15, 0.2) is 176 Å². The van der Waals surface area contributed by atoms with Crippen LogP contribution in [-0.2, 0) is 0 Å². The van der Waals surface area contributed by atoms with Gasteiger partial charge in [0.1, 0.15) is 5.82 Å². The van der Waals surface area contributed by atoms with Crippen LogP contribution in [0.3, 0.4) is 0 Å². The molecule has 0 atom stereocenters. The number of para-hydroxylation sites is 1. The van der Waals surface area contributed by atoms with E-state index >= 15 is 4.39 Å². The fourth-order valence-electron chi connectivity index (χ4n) is 6.76. The lowest BCUT2D eigenvalue weighted by Crippen LogP contribution is -2.03. The van der Waals surface area contributed by atoms with Crippen LogP contribution in [0, 0.1) is 5.82 Å². The molecule has 0 fully saturated rings. The summed E-state index contributed by atoms with van der Waals surface area (Å²) in [6.45, 7) is 0. The SMILES string of the molecule is Fc1ccccc1-c1ccc(-n2c3ccccc3c3cc(-c4ccccc4)ccc32)cc1-c1nc(-c2ccccc2)nc(-c2ccccc2)n1. The van der Waals surface area contributed by atoms with Gasteiger partial charge in [-0.25, -0.2) is 19.3 Å². The lowest BCUT2D eigenvalue weighted by Gasteiger charge is -2.16. The predicted molar refractivity (Wildman–Crippen MR) is 201 cm³/mol. The molecule has 5 heteroatoms. The number of rotatable bonds is 6. The molecular weight excluding hydrogens is 616 g/mol. The molecule has 0 radical (unpaired) electrons. The summed E-state index contributed by atoms with van der Waals surface area (Å²) >= 11 is 0. The molecule has 0 bridgehead atoms. The van der Waals surface area contributed by atoms with Gasteiger partial charge in [-0.1, -0.05) is 140 Å². The number of aromatic nitrogens is 4. The number of hydrogen-bond donors (Lipinski definition) is 0. The van der Waals surface area contributed by atoms with Gasteiger partial charge in [0.2, 0.25) is 0 Å². The van der Waals surface area contributed by atoms with Crippen molar-refractivity contribution in [1.29, 1.82) is 0 Å². The van der Waals surface area contributed by atoms with E-state index in [0.29, 0.717) is 34.2 Å². The van der Waals surface area contributed by atoms with Gasteiger partial charge in [0.15, 0.2) is 17.5 Å². The number of nitrogens with zero attached hydrogens (tertiary/aromatic N) is 4. The topological polar surface area (TPSA) is 43.6 Å². The maximum absolute atomic E-state index is 15.6. The third kappa shape index (κ3) is 5.22. The Kier molecular flexibility index (Phi) is 7.29. The summed E-state index contributed by atoms with van der Waals surface area (Å²) in [7, 11) is 0. The summed E-state index contributed by atoms with van der Waals surface area (Å²) < 4.78 is 17.8. The molecule has 236 valence electrons. The molecule has 9 rings (SSSR count). The Morgan fingerprint density at radius 2 is 0.920 bits per heavy atom. The largest absolute Gasteiger partial charge is 0.309 e. The second-order valence-corrected chi connectivity index (χ2v) is 12.2. The number of halogens is 1. The smallest absolute Gasteiger partial charge is 0.164 e. The van der Waals surface area contributed by atoms with Crippen molar-refractivity contribution in [2.24, 2.45) is 0 Å². The molecule has 0 saturated heterocycles. The van der Waals surface area contributed by atoms with E-state index in [9.17, 15) is 0 Å². The molecule has 0 aliphatic carbocycles. The number of hydrogen-bond acceptors (Lipinski definition) is 3. The summed E-state index contributed by atoms with van der Waals surface area (Å²) in [5.41, 5.74) is 9.00. The molecule has 0 aliphatic rings. The Morgan fingerprint density at radius 3 is 1.60 bits per heavy atom. The average Bonchev–Trinajstić information content (AvgIpc) is 3.52. The zero-order chi connectivity index (χ0) is 33.4. The van der Waals surface area contributed by atoms with Gasteiger partial charge in [0.25, 0.3) is 0 Å². The van der Waals surface area contributed by atoms with Crippen molar-refractivity contribution < 1.29 is 4.39 Å². The second-order valence-electron chi connectivity index (χ2n) is 12.2. The quantitative estimate of drug-likeness (QED) is 0.181. The van der Waals surface area contributed by atoms with Gasteiger partial charge in [-0.2, -0.15) is 0 Å². The van der Waals surface area contributed by atoms with E-state index in [-0.39, 0.29) is 5.82 Å². The molecule has 2 aromatic heterocycles. The van der Waals surface area contributed by atoms with Gasteiger partial charge in [-0.15, -0.1) is 0 Å². The van der Waals surface area contributed by atoms with Crippen LogP contribution in [0.5, 0.6) is 0 Å². The molecule has 0 spiro atoms. The van der Waals surface area contributed by atoms with Gasteiger partial charge in [0, 0.05) is 38.7 Å². The van der Waals surface area contributed by atoms with Crippen LogP contribution >= 0.6 is 0 Å². The summed E-state index contributed by atoms with van der Waals surface area (Å²) in [6.07, 6.45) is 0. The third-order valence-electron chi connectivity index (χ3n) is 9.15. The monoisotopic (exact) mass is 644 g/mol. The minimum absolute atomic E-state index is 0.313. The van der Waals surface area contributed by atoms with E-state index in [1.54, 1.807) is 12.1 Å². The minimum atomic E-state index is -0.313. The highest BCUT2D eigenvalue weighted by atomic mass is 19.1. The number of fused-ring (bicyclic) bond motifs is 3. The molecule has 0 amide bonds. The van der Waals surface area contributed by atoms with Crippen molar-refractivity contribution in [2.45, 2.75) is 0 Å². The van der Waals surface area contributed by atoms with Gasteiger partial charge in [-0.05, 0) is 53.1 Å². The Labute approximate surface area is 288 Å². The van der Waals surface area contributed by atoms with Crippen molar-refractivity contribution in [3.8, 4) is 62.1 Å². The van der Waals surface area contributed by atoms with Crippen LogP contribution in [-0.4, -0.2) is 19.5 Å². The highest BCUT2D eigenvalue weighted by Gasteiger charge is 2.20. The van der Waals surface area contributed by atoms with Gasteiger partial charge in [-0.3, -0.25) is 0 Å². The highest BCUT2D eigenvalue weighted by molar-refractivity contribution is 6.10. The maximum atomic E-state index is 15.6. The van der Waals surface area contributed by atoms with E-state index < -0.39 is 0 Å². The van der Waals surface area contributed by atoms with Crippen LogP contribution in [0.25, 0.3) is 83.9 Å². The van der Waals surface area contributed by atoms with E-state index in [1.165, 1.54) is 11.6 Å². The van der Waals surface area contributed by atoms with Crippen molar-refractivity contribution in [1.82, 2.24) is 19.5 Å². The van der Waals surface area contributed by atoms with Crippen LogP contribution in [0.2, 0.25) is 0 Å². The number of benzene rings is 7. The van der Waals surface area contributed by atoms with E-state index in [0.717, 1.165) is 44.2 Å². The molecule has 9 aromatic rings. The van der Waals surface area contributed by atoms with Crippen molar-refractivity contribution in [3.63, 3.8) is 0 Å². The first-order valence-corrected chi connectivity index (χ1v) is 16.6. The Hall–Kier alpha value is -6.72.